The molecule has 0 saturated carbocycles. The van der Waals surface area contributed by atoms with Crippen LogP contribution in [-0.2, 0) is 4.79 Å². The molecule has 106 valence electrons. The van der Waals surface area contributed by atoms with Gasteiger partial charge < -0.3 is 10.6 Å². The highest BCUT2D eigenvalue weighted by atomic mass is 32.1. The molecule has 1 aliphatic heterocycles. The van der Waals surface area contributed by atoms with Gasteiger partial charge in [-0.1, -0.05) is 0 Å². The molecule has 0 unspecified atom stereocenters. The first kappa shape index (κ1) is 13.5. The first-order valence-corrected chi connectivity index (χ1v) is 8.03. The van der Waals surface area contributed by atoms with Gasteiger partial charge in [0.2, 0.25) is 5.91 Å². The summed E-state index contributed by atoms with van der Waals surface area (Å²) < 4.78 is 1.15. The average Bonchev–Trinajstić information content (AvgIpc) is 2.94. The summed E-state index contributed by atoms with van der Waals surface area (Å²) in [6.07, 6.45) is 3.99. The van der Waals surface area contributed by atoms with Crippen molar-refractivity contribution >= 4 is 33.1 Å². The maximum atomic E-state index is 12.0. The molecule has 0 radical (unpaired) electrons. The maximum Gasteiger partial charge on any atom is 0.224 e. The highest BCUT2D eigenvalue weighted by molar-refractivity contribution is 7.16. The molecule has 1 aliphatic rings. The van der Waals surface area contributed by atoms with E-state index in [4.69, 9.17) is 0 Å². The van der Waals surface area contributed by atoms with Crippen molar-refractivity contribution in [3.8, 4) is 0 Å². The predicted octanol–water partition coefficient (Wildman–Crippen LogP) is 3.01. The highest BCUT2D eigenvalue weighted by Gasteiger charge is 2.14. The lowest BCUT2D eigenvalue weighted by Gasteiger charge is -2.22. The number of rotatable bonds is 4. The smallest absolute Gasteiger partial charge is 0.224 e. The van der Waals surface area contributed by atoms with Crippen LogP contribution in [0.4, 0.5) is 5.69 Å². The molecule has 20 heavy (non-hydrogen) atoms. The third-order valence-electron chi connectivity index (χ3n) is 3.85. The summed E-state index contributed by atoms with van der Waals surface area (Å²) in [5, 5.41) is 6.32. The van der Waals surface area contributed by atoms with Crippen LogP contribution >= 0.6 is 11.3 Å². The van der Waals surface area contributed by atoms with Gasteiger partial charge in [0.05, 0.1) is 15.7 Å². The van der Waals surface area contributed by atoms with E-state index in [-0.39, 0.29) is 5.91 Å². The SMILES string of the molecule is O=C(CCC1CCNCC1)Nc1ccc2scnc2c1. The summed E-state index contributed by atoms with van der Waals surface area (Å²) in [5.74, 6) is 0.807. The van der Waals surface area contributed by atoms with E-state index in [0.29, 0.717) is 12.3 Å². The molecular weight excluding hydrogens is 270 g/mol. The molecule has 0 atom stereocenters. The first-order chi connectivity index (χ1) is 9.81. The lowest BCUT2D eigenvalue weighted by Crippen LogP contribution is -2.28. The Hall–Kier alpha value is -1.46. The number of nitrogens with zero attached hydrogens (tertiary/aromatic N) is 1. The van der Waals surface area contributed by atoms with Crippen LogP contribution in [0.15, 0.2) is 23.7 Å². The number of anilines is 1. The van der Waals surface area contributed by atoms with Gasteiger partial charge in [-0.2, -0.15) is 0 Å². The number of thiazole rings is 1. The molecule has 1 aromatic heterocycles. The quantitative estimate of drug-likeness (QED) is 0.909. The Kier molecular flexibility index (Phi) is 4.28. The van der Waals surface area contributed by atoms with Crippen molar-refractivity contribution in [2.24, 2.45) is 5.92 Å². The molecule has 1 amide bonds. The Morgan fingerprint density at radius 2 is 2.25 bits per heavy atom. The predicted molar refractivity (Wildman–Crippen MR) is 83.1 cm³/mol. The number of fused-ring (bicyclic) bond motifs is 1. The van der Waals surface area contributed by atoms with E-state index in [1.54, 1.807) is 11.3 Å². The lowest BCUT2D eigenvalue weighted by molar-refractivity contribution is -0.116. The number of amides is 1. The van der Waals surface area contributed by atoms with Crippen LogP contribution in [0.1, 0.15) is 25.7 Å². The van der Waals surface area contributed by atoms with Crippen LogP contribution < -0.4 is 10.6 Å². The summed E-state index contributed by atoms with van der Waals surface area (Å²) >= 11 is 1.61. The minimum absolute atomic E-state index is 0.109. The van der Waals surface area contributed by atoms with Crippen LogP contribution in [0.2, 0.25) is 0 Å². The first-order valence-electron chi connectivity index (χ1n) is 7.15. The molecule has 2 aromatic rings. The van der Waals surface area contributed by atoms with Crippen molar-refractivity contribution in [3.05, 3.63) is 23.7 Å². The monoisotopic (exact) mass is 289 g/mol. The molecule has 5 heteroatoms. The van der Waals surface area contributed by atoms with Crippen LogP contribution in [0.3, 0.4) is 0 Å². The summed E-state index contributed by atoms with van der Waals surface area (Å²) in [7, 11) is 0. The molecule has 4 nitrogen and oxygen atoms in total. The third-order valence-corrected chi connectivity index (χ3v) is 4.66. The Bertz CT molecular complexity index is 590. The van der Waals surface area contributed by atoms with Crippen molar-refractivity contribution in [2.75, 3.05) is 18.4 Å². The Labute approximate surface area is 122 Å². The van der Waals surface area contributed by atoms with E-state index in [9.17, 15) is 4.79 Å². The van der Waals surface area contributed by atoms with E-state index in [1.165, 1.54) is 12.8 Å². The molecule has 2 heterocycles. The molecule has 0 aliphatic carbocycles. The van der Waals surface area contributed by atoms with E-state index >= 15 is 0 Å². The topological polar surface area (TPSA) is 54.0 Å². The Morgan fingerprint density at radius 1 is 1.40 bits per heavy atom. The number of carbonyl (C=O) groups excluding carboxylic acids is 1. The number of aromatic nitrogens is 1. The Balaban J connectivity index is 1.52. The number of hydrogen-bond acceptors (Lipinski definition) is 4. The lowest BCUT2D eigenvalue weighted by atomic mass is 9.93. The van der Waals surface area contributed by atoms with E-state index in [2.05, 4.69) is 15.6 Å². The number of hydrogen-bond donors (Lipinski definition) is 2. The molecule has 1 saturated heterocycles. The molecule has 2 N–H and O–H groups in total. The third kappa shape index (κ3) is 3.35. The highest BCUT2D eigenvalue weighted by Crippen LogP contribution is 2.22. The molecule has 0 spiro atoms. The van der Waals surface area contributed by atoms with Gasteiger partial charge >= 0.3 is 0 Å². The second-order valence-corrected chi connectivity index (χ2v) is 6.20. The standard InChI is InChI=1S/C15H19N3OS/c19-15(4-1-11-5-7-16-8-6-11)18-12-2-3-14-13(9-12)17-10-20-14/h2-3,9-11,16H,1,4-8H2,(H,18,19). The average molecular weight is 289 g/mol. The summed E-state index contributed by atoms with van der Waals surface area (Å²) in [4.78, 5) is 16.3. The van der Waals surface area contributed by atoms with Gasteiger partial charge in [-0.25, -0.2) is 4.98 Å². The molecule has 1 fully saturated rings. The molecule has 1 aromatic carbocycles. The van der Waals surface area contributed by atoms with Crippen molar-refractivity contribution < 1.29 is 4.79 Å². The van der Waals surface area contributed by atoms with Gasteiger partial charge in [0.25, 0.3) is 0 Å². The number of nitrogens with one attached hydrogen (secondary N) is 2. The fourth-order valence-electron chi connectivity index (χ4n) is 2.66. The summed E-state index contributed by atoms with van der Waals surface area (Å²) in [6, 6.07) is 5.90. The molecule has 0 bridgehead atoms. The van der Waals surface area contributed by atoms with Crippen molar-refractivity contribution in [3.63, 3.8) is 0 Å². The van der Waals surface area contributed by atoms with E-state index in [1.807, 2.05) is 23.7 Å². The normalized spacial score (nSPS) is 16.4. The van der Waals surface area contributed by atoms with Gasteiger partial charge in [-0.05, 0) is 56.5 Å². The zero-order valence-corrected chi connectivity index (χ0v) is 12.2. The summed E-state index contributed by atoms with van der Waals surface area (Å²) in [5.41, 5.74) is 3.62. The fourth-order valence-corrected chi connectivity index (χ4v) is 3.32. The number of benzene rings is 1. The van der Waals surface area contributed by atoms with Crippen LogP contribution in [-0.4, -0.2) is 24.0 Å². The van der Waals surface area contributed by atoms with Gasteiger partial charge in [-0.3, -0.25) is 4.79 Å². The minimum Gasteiger partial charge on any atom is -0.326 e. The minimum atomic E-state index is 0.109. The second-order valence-electron chi connectivity index (χ2n) is 5.32. The van der Waals surface area contributed by atoms with E-state index < -0.39 is 0 Å². The second kappa shape index (κ2) is 6.33. The molecular formula is C15H19N3OS. The van der Waals surface area contributed by atoms with Crippen LogP contribution in [0.25, 0.3) is 10.2 Å². The zero-order valence-electron chi connectivity index (χ0n) is 11.4. The van der Waals surface area contributed by atoms with Crippen LogP contribution in [0, 0.1) is 5.92 Å². The van der Waals surface area contributed by atoms with Crippen molar-refractivity contribution in [1.82, 2.24) is 10.3 Å². The van der Waals surface area contributed by atoms with E-state index in [0.717, 1.165) is 35.4 Å². The van der Waals surface area contributed by atoms with Crippen LogP contribution in [0.5, 0.6) is 0 Å². The van der Waals surface area contributed by atoms with Gasteiger partial charge in [0.1, 0.15) is 0 Å². The fraction of sp³-hybridized carbons (Fsp3) is 0.467. The van der Waals surface area contributed by atoms with Crippen molar-refractivity contribution in [2.45, 2.75) is 25.7 Å². The summed E-state index contributed by atoms with van der Waals surface area (Å²) in [6.45, 7) is 2.18. The maximum absolute atomic E-state index is 12.0. The largest absolute Gasteiger partial charge is 0.326 e. The van der Waals surface area contributed by atoms with Gasteiger partial charge in [0, 0.05) is 12.1 Å². The van der Waals surface area contributed by atoms with Crippen molar-refractivity contribution in [1.29, 1.82) is 0 Å². The van der Waals surface area contributed by atoms with Gasteiger partial charge in [0.15, 0.2) is 0 Å². The Morgan fingerprint density at radius 3 is 3.10 bits per heavy atom. The zero-order chi connectivity index (χ0) is 13.8. The molecule has 3 rings (SSSR count). The number of carbonyl (C=O) groups is 1. The van der Waals surface area contributed by atoms with Gasteiger partial charge in [-0.15, -0.1) is 11.3 Å². The number of piperidine rings is 1.